The first kappa shape index (κ1) is 24.6. The molecule has 3 atom stereocenters. The van der Waals surface area contributed by atoms with Crippen LogP contribution in [0.3, 0.4) is 0 Å². The Labute approximate surface area is 217 Å². The highest BCUT2D eigenvalue weighted by atomic mass is 32.2. The van der Waals surface area contributed by atoms with Gasteiger partial charge in [0.15, 0.2) is 5.65 Å². The maximum absolute atomic E-state index is 13.4. The number of aromatic nitrogens is 4. The fraction of sp³-hybridized carbons (Fsp3) is 0.462. The normalized spacial score (nSPS) is 23.7. The summed E-state index contributed by atoms with van der Waals surface area (Å²) in [5.74, 6) is 1.03. The first-order valence-corrected chi connectivity index (χ1v) is 15.7. The molecule has 0 amide bonds. The molecule has 2 aliphatic rings. The molecule has 6 rings (SSSR count). The number of sulfonamides is 1. The topological polar surface area (TPSA) is 115 Å². The molecule has 3 aromatic heterocycles. The summed E-state index contributed by atoms with van der Waals surface area (Å²) < 4.78 is 58.4. The summed E-state index contributed by atoms with van der Waals surface area (Å²) in [5, 5.41) is 0. The molecule has 3 heterocycles. The highest BCUT2D eigenvalue weighted by Crippen LogP contribution is 2.47. The Hall–Kier alpha value is -2.76. The van der Waals surface area contributed by atoms with Crippen molar-refractivity contribution in [2.45, 2.75) is 74.5 Å². The van der Waals surface area contributed by atoms with Gasteiger partial charge in [0.1, 0.15) is 5.82 Å². The Kier molecular flexibility index (Phi) is 5.56. The van der Waals surface area contributed by atoms with Crippen molar-refractivity contribution >= 4 is 36.7 Å². The van der Waals surface area contributed by atoms with E-state index in [0.717, 1.165) is 36.2 Å². The lowest BCUT2D eigenvalue weighted by Crippen LogP contribution is -2.41. The van der Waals surface area contributed by atoms with E-state index in [1.165, 1.54) is 10.2 Å². The van der Waals surface area contributed by atoms with Gasteiger partial charge in [0.25, 0.3) is 10.0 Å². The van der Waals surface area contributed by atoms with Gasteiger partial charge in [-0.1, -0.05) is 31.5 Å². The summed E-state index contributed by atoms with van der Waals surface area (Å²) in [6.07, 6.45) is 8.37. The molecule has 2 saturated carbocycles. The van der Waals surface area contributed by atoms with Crippen molar-refractivity contribution in [3.63, 3.8) is 0 Å². The van der Waals surface area contributed by atoms with Crippen molar-refractivity contribution < 1.29 is 16.8 Å². The Bertz CT molecular complexity index is 1720. The molecule has 0 unspecified atom stereocenters. The van der Waals surface area contributed by atoms with E-state index in [1.54, 1.807) is 42.7 Å². The van der Waals surface area contributed by atoms with E-state index in [0.29, 0.717) is 24.0 Å². The van der Waals surface area contributed by atoms with Gasteiger partial charge in [0, 0.05) is 18.2 Å². The maximum atomic E-state index is 13.4. The number of rotatable bonds is 7. The number of hydrogen-bond acceptors (Lipinski definition) is 6. The van der Waals surface area contributed by atoms with Crippen LogP contribution in [0.25, 0.3) is 16.7 Å². The smallest absolute Gasteiger partial charge is 0.269 e. The number of imidazole rings is 1. The minimum atomic E-state index is -3.83. The fourth-order valence-electron chi connectivity index (χ4n) is 5.83. The zero-order chi connectivity index (χ0) is 26.2. The lowest BCUT2D eigenvalue weighted by Gasteiger charge is -2.19. The molecule has 0 aliphatic heterocycles. The first-order chi connectivity index (χ1) is 17.6. The molecule has 1 aromatic carbocycles. The van der Waals surface area contributed by atoms with E-state index in [4.69, 9.17) is 4.98 Å². The number of aryl methyl sites for hydroxylation is 1. The molecule has 196 valence electrons. The zero-order valence-electron chi connectivity index (χ0n) is 21.1. The molecular formula is C26H31N5O4S2. The van der Waals surface area contributed by atoms with E-state index in [-0.39, 0.29) is 22.8 Å². The average molecular weight is 542 g/mol. The van der Waals surface area contributed by atoms with E-state index >= 15 is 0 Å². The number of fused-ring (bicyclic) bond motifs is 3. The van der Waals surface area contributed by atoms with Crippen LogP contribution in [-0.2, 0) is 20.0 Å². The van der Waals surface area contributed by atoms with Crippen LogP contribution in [0.5, 0.6) is 0 Å². The van der Waals surface area contributed by atoms with Crippen LogP contribution in [0.15, 0.2) is 53.8 Å². The summed E-state index contributed by atoms with van der Waals surface area (Å²) in [7, 11) is -7.20. The molecule has 1 N–H and O–H groups in total. The van der Waals surface area contributed by atoms with Crippen LogP contribution in [0.2, 0.25) is 0 Å². The second-order valence-corrected chi connectivity index (χ2v) is 14.6. The number of benzene rings is 1. The van der Waals surface area contributed by atoms with Crippen molar-refractivity contribution in [1.82, 2.24) is 23.1 Å². The van der Waals surface area contributed by atoms with Crippen molar-refractivity contribution in [2.24, 2.45) is 5.92 Å². The van der Waals surface area contributed by atoms with Crippen molar-refractivity contribution in [3.05, 3.63) is 60.3 Å². The predicted octanol–water partition coefficient (Wildman–Crippen LogP) is 3.97. The van der Waals surface area contributed by atoms with Crippen molar-refractivity contribution in [3.8, 4) is 0 Å². The van der Waals surface area contributed by atoms with E-state index in [9.17, 15) is 16.8 Å². The lowest BCUT2D eigenvalue weighted by atomic mass is 9.97. The van der Waals surface area contributed by atoms with Gasteiger partial charge in [-0.15, -0.1) is 0 Å². The van der Waals surface area contributed by atoms with Gasteiger partial charge < -0.3 is 0 Å². The Balaban J connectivity index is 1.36. The van der Waals surface area contributed by atoms with Crippen LogP contribution < -0.4 is 4.72 Å². The number of nitrogens with zero attached hydrogens (tertiary/aromatic N) is 4. The van der Waals surface area contributed by atoms with E-state index in [2.05, 4.69) is 16.6 Å². The second-order valence-electron chi connectivity index (χ2n) is 10.7. The standard InChI is InChI=1S/C26H31N5O4S2/c1-4-26(10-11-26)37(34,35)29-19-13-18(3)22(14-19)24-27-15-20-16-28-25-23(31(20)24)9-12-30(25)36(32,33)21-7-5-17(2)6-8-21/h5-9,12,15-16,18-19,22,29H,4,10-11,13-14H2,1-3H3/t18-,19+,22+/m1/s1. The van der Waals surface area contributed by atoms with Crippen LogP contribution in [0, 0.1) is 12.8 Å². The number of hydrogen-bond donors (Lipinski definition) is 1. The van der Waals surface area contributed by atoms with Gasteiger partial charge in [-0.2, -0.15) is 0 Å². The lowest BCUT2D eigenvalue weighted by molar-refractivity contribution is 0.506. The van der Waals surface area contributed by atoms with Crippen LogP contribution >= 0.6 is 0 Å². The Morgan fingerprint density at radius 2 is 1.73 bits per heavy atom. The van der Waals surface area contributed by atoms with Gasteiger partial charge in [-0.25, -0.2) is 35.5 Å². The molecule has 4 aromatic rings. The van der Waals surface area contributed by atoms with Crippen molar-refractivity contribution in [2.75, 3.05) is 0 Å². The number of nitrogens with one attached hydrogen (secondary N) is 1. The summed E-state index contributed by atoms with van der Waals surface area (Å²) in [4.78, 5) is 9.39. The molecule has 0 radical (unpaired) electrons. The predicted molar refractivity (Wildman–Crippen MR) is 141 cm³/mol. The van der Waals surface area contributed by atoms with Gasteiger partial charge in [-0.05, 0) is 63.1 Å². The van der Waals surface area contributed by atoms with Gasteiger partial charge in [0.2, 0.25) is 10.0 Å². The summed E-state index contributed by atoms with van der Waals surface area (Å²) in [6, 6.07) is 8.35. The van der Waals surface area contributed by atoms with Gasteiger partial charge in [0.05, 0.1) is 33.1 Å². The van der Waals surface area contributed by atoms with Gasteiger partial charge >= 0.3 is 0 Å². The summed E-state index contributed by atoms with van der Waals surface area (Å²) in [6.45, 7) is 5.97. The Morgan fingerprint density at radius 1 is 1.03 bits per heavy atom. The maximum Gasteiger partial charge on any atom is 0.269 e. The highest BCUT2D eigenvalue weighted by Gasteiger charge is 2.54. The second kappa shape index (κ2) is 8.37. The van der Waals surface area contributed by atoms with E-state index in [1.807, 2.05) is 18.2 Å². The molecular weight excluding hydrogens is 510 g/mol. The highest BCUT2D eigenvalue weighted by molar-refractivity contribution is 7.91. The summed E-state index contributed by atoms with van der Waals surface area (Å²) in [5.41, 5.74) is 2.73. The van der Waals surface area contributed by atoms with Crippen LogP contribution in [0.4, 0.5) is 0 Å². The average Bonchev–Trinajstić information content (AvgIpc) is 3.17. The Morgan fingerprint density at radius 3 is 2.41 bits per heavy atom. The van der Waals surface area contributed by atoms with Crippen LogP contribution in [-0.4, -0.2) is 46.0 Å². The molecule has 9 nitrogen and oxygen atoms in total. The molecule has 2 aliphatic carbocycles. The largest absolute Gasteiger partial charge is 0.291 e. The molecule has 11 heteroatoms. The third kappa shape index (κ3) is 3.81. The molecule has 0 spiro atoms. The van der Waals surface area contributed by atoms with Gasteiger partial charge in [-0.3, -0.25) is 4.40 Å². The molecule has 0 saturated heterocycles. The quantitative estimate of drug-likeness (QED) is 0.379. The zero-order valence-corrected chi connectivity index (χ0v) is 22.8. The SMILES string of the molecule is CCC1(S(=O)(=O)N[C@H]2C[C@@H](C)[C@@H](c3ncc4cnc5c(ccn5S(=O)(=O)c5ccc(C)cc5)n34)C2)CC1. The summed E-state index contributed by atoms with van der Waals surface area (Å²) >= 11 is 0. The monoisotopic (exact) mass is 541 g/mol. The molecule has 37 heavy (non-hydrogen) atoms. The minimum absolute atomic E-state index is 0.0228. The minimum Gasteiger partial charge on any atom is -0.291 e. The molecule has 0 bridgehead atoms. The fourth-order valence-corrected chi connectivity index (χ4v) is 9.03. The third-order valence-corrected chi connectivity index (χ3v) is 12.5. The first-order valence-electron chi connectivity index (χ1n) is 12.7. The van der Waals surface area contributed by atoms with E-state index < -0.39 is 24.8 Å². The molecule has 2 fully saturated rings. The van der Waals surface area contributed by atoms with Crippen molar-refractivity contribution in [1.29, 1.82) is 0 Å². The third-order valence-electron chi connectivity index (χ3n) is 8.32. The van der Waals surface area contributed by atoms with Crippen LogP contribution in [0.1, 0.15) is 63.3 Å².